The van der Waals surface area contributed by atoms with Crippen LogP contribution in [0.4, 0.5) is 5.69 Å². The van der Waals surface area contributed by atoms with Gasteiger partial charge in [-0.2, -0.15) is 0 Å². The van der Waals surface area contributed by atoms with Crippen LogP contribution in [0.2, 0.25) is 0 Å². The number of ether oxygens (including phenoxy) is 1. The van der Waals surface area contributed by atoms with Crippen molar-refractivity contribution in [2.24, 2.45) is 0 Å². The van der Waals surface area contributed by atoms with Crippen molar-refractivity contribution in [2.45, 2.75) is 32.2 Å². The summed E-state index contributed by atoms with van der Waals surface area (Å²) >= 11 is 0. The predicted octanol–water partition coefficient (Wildman–Crippen LogP) is 1.94. The highest BCUT2D eigenvalue weighted by atomic mass is 16.5. The maximum atomic E-state index is 12.4. The molecule has 0 saturated carbocycles. The number of morpholine rings is 1. The van der Waals surface area contributed by atoms with Gasteiger partial charge in [-0.25, -0.2) is 0 Å². The van der Waals surface area contributed by atoms with Gasteiger partial charge in [-0.15, -0.1) is 0 Å². The Morgan fingerprint density at radius 2 is 1.95 bits per heavy atom. The van der Waals surface area contributed by atoms with Crippen molar-refractivity contribution in [1.29, 1.82) is 0 Å². The first kappa shape index (κ1) is 15.0. The van der Waals surface area contributed by atoms with E-state index >= 15 is 0 Å². The fraction of sp³-hybridized carbons (Fsp3) is 0.562. The number of rotatable bonds is 2. The predicted molar refractivity (Wildman–Crippen MR) is 81.2 cm³/mol. The molecule has 1 unspecified atom stereocenters. The summed E-state index contributed by atoms with van der Waals surface area (Å²) in [6, 6.07) is 7.94. The molecule has 1 fully saturated rings. The average Bonchev–Trinajstić information content (AvgIpc) is 2.46. The van der Waals surface area contributed by atoms with Gasteiger partial charge < -0.3 is 15.0 Å². The molecule has 1 amide bonds. The molecule has 1 N–H and O–H groups in total. The molecule has 1 aliphatic rings. The van der Waals surface area contributed by atoms with Gasteiger partial charge in [-0.1, -0.05) is 32.9 Å². The highest BCUT2D eigenvalue weighted by Crippen LogP contribution is 2.24. The highest BCUT2D eigenvalue weighted by molar-refractivity contribution is 5.96. The number of nitrogens with one attached hydrogen (secondary N) is 1. The molecule has 1 saturated heterocycles. The number of benzene rings is 1. The van der Waals surface area contributed by atoms with Gasteiger partial charge in [0.1, 0.15) is 6.04 Å². The van der Waals surface area contributed by atoms with Crippen molar-refractivity contribution < 1.29 is 9.53 Å². The molecule has 1 heterocycles. The lowest BCUT2D eigenvalue weighted by atomic mass is 9.87. The molecule has 1 atom stereocenters. The van der Waals surface area contributed by atoms with Gasteiger partial charge in [-0.3, -0.25) is 4.79 Å². The van der Waals surface area contributed by atoms with Crippen LogP contribution in [0, 0.1) is 0 Å². The minimum Gasteiger partial charge on any atom is -0.378 e. The minimum atomic E-state index is -0.240. The second-order valence-electron chi connectivity index (χ2n) is 6.28. The van der Waals surface area contributed by atoms with Gasteiger partial charge in [0, 0.05) is 19.3 Å². The molecule has 4 nitrogen and oxygen atoms in total. The Morgan fingerprint density at radius 3 is 2.45 bits per heavy atom. The molecule has 1 aromatic rings. The Kier molecular flexibility index (Phi) is 4.45. The van der Waals surface area contributed by atoms with E-state index in [1.165, 1.54) is 5.56 Å². The van der Waals surface area contributed by atoms with E-state index in [2.05, 4.69) is 38.2 Å². The monoisotopic (exact) mass is 276 g/mol. The van der Waals surface area contributed by atoms with Crippen molar-refractivity contribution in [2.75, 3.05) is 31.7 Å². The van der Waals surface area contributed by atoms with Crippen molar-refractivity contribution in [1.82, 2.24) is 5.32 Å². The Morgan fingerprint density at radius 1 is 1.30 bits per heavy atom. The lowest BCUT2D eigenvalue weighted by molar-refractivity contribution is -0.123. The first-order valence-corrected chi connectivity index (χ1v) is 7.09. The van der Waals surface area contributed by atoms with E-state index in [0.29, 0.717) is 13.2 Å². The number of carbonyl (C=O) groups excluding carboxylic acids is 1. The summed E-state index contributed by atoms with van der Waals surface area (Å²) in [4.78, 5) is 14.1. The zero-order valence-corrected chi connectivity index (χ0v) is 12.8. The van der Waals surface area contributed by atoms with E-state index in [-0.39, 0.29) is 17.4 Å². The van der Waals surface area contributed by atoms with Crippen LogP contribution >= 0.6 is 0 Å². The molecule has 110 valence electrons. The van der Waals surface area contributed by atoms with Gasteiger partial charge in [0.15, 0.2) is 0 Å². The van der Waals surface area contributed by atoms with E-state index in [1.807, 2.05) is 19.2 Å². The topological polar surface area (TPSA) is 41.6 Å². The third-order valence-corrected chi connectivity index (χ3v) is 3.67. The molecule has 20 heavy (non-hydrogen) atoms. The fourth-order valence-electron chi connectivity index (χ4n) is 2.27. The second-order valence-corrected chi connectivity index (χ2v) is 6.28. The molecule has 0 aromatic heterocycles. The Balaban J connectivity index is 2.08. The maximum Gasteiger partial charge on any atom is 0.246 e. The Hall–Kier alpha value is -1.39. The highest BCUT2D eigenvalue weighted by Gasteiger charge is 2.25. The zero-order chi connectivity index (χ0) is 14.8. The quantitative estimate of drug-likeness (QED) is 0.897. The smallest absolute Gasteiger partial charge is 0.246 e. The Labute approximate surface area is 121 Å². The SMILES string of the molecule is CN(C(=O)C1COCCN1)c1ccc(C(C)(C)C)cc1. The molecule has 0 aliphatic carbocycles. The summed E-state index contributed by atoms with van der Waals surface area (Å²) in [6.07, 6.45) is 0. The van der Waals surface area contributed by atoms with Crippen LogP contribution in [-0.2, 0) is 14.9 Å². The minimum absolute atomic E-state index is 0.0493. The van der Waals surface area contributed by atoms with Crippen LogP contribution in [0.25, 0.3) is 0 Å². The maximum absolute atomic E-state index is 12.4. The molecular formula is C16H24N2O2. The number of hydrogen-bond donors (Lipinski definition) is 1. The molecule has 2 rings (SSSR count). The summed E-state index contributed by atoms with van der Waals surface area (Å²) < 4.78 is 5.34. The van der Waals surface area contributed by atoms with E-state index < -0.39 is 0 Å². The molecule has 0 radical (unpaired) electrons. The number of anilines is 1. The third-order valence-electron chi connectivity index (χ3n) is 3.67. The normalized spacial score (nSPS) is 19.7. The first-order chi connectivity index (χ1) is 9.39. The average molecular weight is 276 g/mol. The van der Waals surface area contributed by atoms with Gasteiger partial charge in [0.05, 0.1) is 13.2 Å². The van der Waals surface area contributed by atoms with E-state index in [4.69, 9.17) is 4.74 Å². The van der Waals surface area contributed by atoms with Crippen LogP contribution in [0.15, 0.2) is 24.3 Å². The second kappa shape index (κ2) is 5.94. The molecule has 4 heteroatoms. The number of nitrogens with zero attached hydrogens (tertiary/aromatic N) is 1. The van der Waals surface area contributed by atoms with E-state index in [9.17, 15) is 4.79 Å². The molecule has 1 aliphatic heterocycles. The van der Waals surface area contributed by atoms with Crippen LogP contribution in [0.1, 0.15) is 26.3 Å². The number of likely N-dealkylation sites (N-methyl/N-ethyl adjacent to an activating group) is 1. The summed E-state index contributed by atoms with van der Waals surface area (Å²) in [5.74, 6) is 0.0493. The van der Waals surface area contributed by atoms with Crippen LogP contribution in [-0.4, -0.2) is 38.8 Å². The van der Waals surface area contributed by atoms with Crippen LogP contribution in [0.5, 0.6) is 0 Å². The standard InChI is InChI=1S/C16H24N2O2/c1-16(2,3)12-5-7-13(8-6-12)18(4)15(19)14-11-20-10-9-17-14/h5-8,14,17H,9-11H2,1-4H3. The third kappa shape index (κ3) is 3.38. The van der Waals surface area contributed by atoms with Crippen LogP contribution in [0.3, 0.4) is 0 Å². The molecule has 1 aromatic carbocycles. The van der Waals surface area contributed by atoms with Gasteiger partial charge >= 0.3 is 0 Å². The summed E-state index contributed by atoms with van der Waals surface area (Å²) in [6.45, 7) is 8.39. The molecule has 0 bridgehead atoms. The van der Waals surface area contributed by atoms with Gasteiger partial charge in [0.25, 0.3) is 0 Å². The van der Waals surface area contributed by atoms with Crippen molar-refractivity contribution in [3.8, 4) is 0 Å². The van der Waals surface area contributed by atoms with Crippen LogP contribution < -0.4 is 10.2 Å². The summed E-state index contributed by atoms with van der Waals surface area (Å²) in [5, 5.41) is 3.19. The molecule has 0 spiro atoms. The van der Waals surface area contributed by atoms with Crippen molar-refractivity contribution in [3.63, 3.8) is 0 Å². The molecular weight excluding hydrogens is 252 g/mol. The summed E-state index contributed by atoms with van der Waals surface area (Å²) in [7, 11) is 1.81. The van der Waals surface area contributed by atoms with E-state index in [0.717, 1.165) is 12.2 Å². The number of carbonyl (C=O) groups is 1. The fourth-order valence-corrected chi connectivity index (χ4v) is 2.27. The van der Waals surface area contributed by atoms with Crippen molar-refractivity contribution in [3.05, 3.63) is 29.8 Å². The van der Waals surface area contributed by atoms with E-state index in [1.54, 1.807) is 4.90 Å². The Bertz CT molecular complexity index is 456. The lowest BCUT2D eigenvalue weighted by Gasteiger charge is -2.28. The number of amides is 1. The lowest BCUT2D eigenvalue weighted by Crippen LogP contribution is -2.51. The van der Waals surface area contributed by atoms with Gasteiger partial charge in [0.2, 0.25) is 5.91 Å². The summed E-state index contributed by atoms with van der Waals surface area (Å²) in [5.41, 5.74) is 2.30. The zero-order valence-electron chi connectivity index (χ0n) is 12.8. The van der Waals surface area contributed by atoms with Gasteiger partial charge in [-0.05, 0) is 23.1 Å². The number of hydrogen-bond acceptors (Lipinski definition) is 3. The first-order valence-electron chi connectivity index (χ1n) is 7.09. The largest absolute Gasteiger partial charge is 0.378 e. The van der Waals surface area contributed by atoms with Crippen molar-refractivity contribution >= 4 is 11.6 Å².